The maximum absolute atomic E-state index is 6.85. The third-order valence-corrected chi connectivity index (χ3v) is 0. The van der Waals surface area contributed by atoms with E-state index in [0.717, 1.165) is 0 Å². The van der Waals surface area contributed by atoms with Gasteiger partial charge in [0.25, 0.3) is 0 Å². The average molecular weight is 117 g/mol. The summed E-state index contributed by atoms with van der Waals surface area (Å²) in [7, 11) is 0. The van der Waals surface area contributed by atoms with Crippen LogP contribution in [0.15, 0.2) is 0 Å². The molecule has 0 saturated heterocycles. The van der Waals surface area contributed by atoms with Crippen LogP contribution in [0, 0.1) is 0 Å². The van der Waals surface area contributed by atoms with Crippen LogP contribution in [-0.2, 0) is 4.99 Å². The fraction of sp³-hybridized carbons (Fsp3) is 0. The van der Waals surface area contributed by atoms with E-state index in [-0.39, 0.29) is 27.0 Å². The monoisotopic (exact) mass is 117 g/mol. The van der Waals surface area contributed by atoms with E-state index in [0.29, 0.717) is 0 Å². The molecule has 0 radical (unpaired) electrons. The summed E-state index contributed by atoms with van der Waals surface area (Å²) in [5, 5.41) is 6.85. The lowest BCUT2D eigenvalue weighted by Crippen LogP contribution is -1.87. The van der Waals surface area contributed by atoms with Crippen molar-refractivity contribution in [1.29, 1.82) is 0 Å². The van der Waals surface area contributed by atoms with Crippen LogP contribution in [0.3, 0.4) is 0 Å². The fourth-order valence-electron chi connectivity index (χ4n) is 0. The molecule has 3 nitrogen and oxygen atoms in total. The third kappa shape index (κ3) is 90.6. The molecule has 0 aliphatic heterocycles. The van der Waals surface area contributed by atoms with Crippen molar-refractivity contribution in [1.82, 2.24) is 0 Å². The van der Waals surface area contributed by atoms with Crippen LogP contribution >= 0.6 is 27.0 Å². The van der Waals surface area contributed by atoms with E-state index < -0.39 is 0 Å². The Bertz CT molecular complexity index is 7.61. The molecule has 0 atom stereocenters. The van der Waals surface area contributed by atoms with Gasteiger partial charge in [0.1, 0.15) is 0 Å². The maximum atomic E-state index is 6.85. The molecule has 0 bridgehead atoms. The predicted molar refractivity (Wildman–Crippen MR) is 28.7 cm³/mol. The minimum absolute atomic E-state index is 0. The standard InChI is InChI=1S/H3NO2.2H2S/c1-3-2;;/h2H,1H2;2*1H2. The van der Waals surface area contributed by atoms with Gasteiger partial charge in [-0.25, -0.2) is 5.26 Å². The van der Waals surface area contributed by atoms with Crippen molar-refractivity contribution in [3.8, 4) is 0 Å². The Morgan fingerprint density at radius 3 is 1.40 bits per heavy atom. The van der Waals surface area contributed by atoms with Crippen molar-refractivity contribution in [3.63, 3.8) is 0 Å². The average Bonchev–Trinajstić information content (AvgIpc) is 0.918. The van der Waals surface area contributed by atoms with Gasteiger partial charge in [-0.3, -0.25) is 0 Å². The van der Waals surface area contributed by atoms with Gasteiger partial charge < -0.3 is 0 Å². The SMILES string of the molecule is NOO.S.S. The van der Waals surface area contributed by atoms with Crippen molar-refractivity contribution < 1.29 is 10.2 Å². The smallest absolute Gasteiger partial charge is 0.149 e. The lowest BCUT2D eigenvalue weighted by molar-refractivity contribution is -0.247. The summed E-state index contributed by atoms with van der Waals surface area (Å²) in [5.74, 6) is 3.90. The first kappa shape index (κ1) is 17.6. The Hall–Kier alpha value is 0.580. The molecule has 36 valence electrons. The van der Waals surface area contributed by atoms with Gasteiger partial charge in [0, 0.05) is 0 Å². The van der Waals surface area contributed by atoms with E-state index in [1.807, 2.05) is 0 Å². The molecule has 0 spiro atoms. The van der Waals surface area contributed by atoms with Gasteiger partial charge in [-0.2, -0.15) is 32.9 Å². The van der Waals surface area contributed by atoms with Crippen molar-refractivity contribution in [2.24, 2.45) is 5.90 Å². The number of hydrogen-bond donors (Lipinski definition) is 2. The second-order valence-electron chi connectivity index (χ2n) is 0.105. The van der Waals surface area contributed by atoms with Gasteiger partial charge in [-0.1, -0.05) is 0 Å². The summed E-state index contributed by atoms with van der Waals surface area (Å²) in [6, 6.07) is 0. The number of hydrogen-bond acceptors (Lipinski definition) is 3. The molecule has 0 amide bonds. The first-order valence-corrected chi connectivity index (χ1v) is 0.418. The van der Waals surface area contributed by atoms with Crippen LogP contribution in [0.2, 0.25) is 0 Å². The van der Waals surface area contributed by atoms with Crippen molar-refractivity contribution in [3.05, 3.63) is 0 Å². The Kier molecular flexibility index (Phi) is 82.7. The first-order valence-electron chi connectivity index (χ1n) is 0.418. The van der Waals surface area contributed by atoms with Crippen LogP contribution < -0.4 is 5.90 Å². The Morgan fingerprint density at radius 2 is 1.40 bits per heavy atom. The number of rotatable bonds is 0. The van der Waals surface area contributed by atoms with E-state index in [9.17, 15) is 0 Å². The molecule has 0 aromatic rings. The molecule has 0 unspecified atom stereocenters. The second kappa shape index (κ2) is 23.5. The number of nitrogens with two attached hydrogens (primary N) is 1. The van der Waals surface area contributed by atoms with E-state index >= 15 is 0 Å². The summed E-state index contributed by atoms with van der Waals surface area (Å²) in [6.07, 6.45) is 0. The second-order valence-corrected chi connectivity index (χ2v) is 0.105. The topological polar surface area (TPSA) is 55.5 Å². The van der Waals surface area contributed by atoms with Gasteiger partial charge in [0.05, 0.1) is 0 Å². The summed E-state index contributed by atoms with van der Waals surface area (Å²) >= 11 is 0. The minimum atomic E-state index is 0. The molecule has 0 heterocycles. The van der Waals surface area contributed by atoms with E-state index in [2.05, 4.69) is 10.9 Å². The van der Waals surface area contributed by atoms with E-state index in [1.54, 1.807) is 0 Å². The zero-order valence-electron chi connectivity index (χ0n) is 2.43. The summed E-state index contributed by atoms with van der Waals surface area (Å²) in [6.45, 7) is 0. The Morgan fingerprint density at radius 1 is 1.40 bits per heavy atom. The van der Waals surface area contributed by atoms with Crippen LogP contribution in [0.4, 0.5) is 0 Å². The summed E-state index contributed by atoms with van der Waals surface area (Å²) in [5.41, 5.74) is 0. The highest BCUT2D eigenvalue weighted by atomic mass is 32.1. The molecule has 0 aromatic carbocycles. The van der Waals surface area contributed by atoms with Gasteiger partial charge >= 0.3 is 0 Å². The highest BCUT2D eigenvalue weighted by Crippen LogP contribution is 1.11. The Labute approximate surface area is 43.9 Å². The zero-order valence-corrected chi connectivity index (χ0v) is 4.43. The van der Waals surface area contributed by atoms with Crippen molar-refractivity contribution in [2.45, 2.75) is 0 Å². The lowest BCUT2D eigenvalue weighted by Gasteiger charge is -1.59. The molecular formula is H7NO2S2. The van der Waals surface area contributed by atoms with Gasteiger partial charge in [0.15, 0.2) is 0 Å². The van der Waals surface area contributed by atoms with Gasteiger partial charge in [-0.05, 0) is 0 Å². The summed E-state index contributed by atoms with van der Waals surface area (Å²) < 4.78 is 0. The van der Waals surface area contributed by atoms with Crippen molar-refractivity contribution >= 4 is 27.0 Å². The molecule has 0 aliphatic carbocycles. The van der Waals surface area contributed by atoms with E-state index in [1.165, 1.54) is 0 Å². The van der Waals surface area contributed by atoms with Crippen LogP contribution in [0.5, 0.6) is 0 Å². The van der Waals surface area contributed by atoms with Crippen LogP contribution in [0.1, 0.15) is 0 Å². The highest BCUT2D eigenvalue weighted by Gasteiger charge is 1.24. The largest absolute Gasteiger partial charge is 0.233 e. The minimum Gasteiger partial charge on any atom is -0.233 e. The predicted octanol–water partition coefficient (Wildman–Crippen LogP) is -0.425. The van der Waals surface area contributed by atoms with Crippen molar-refractivity contribution in [2.75, 3.05) is 0 Å². The molecule has 5 heteroatoms. The molecule has 5 heavy (non-hydrogen) atoms. The molecule has 0 aromatic heterocycles. The molecule has 3 N–H and O–H groups in total. The van der Waals surface area contributed by atoms with E-state index in [4.69, 9.17) is 5.26 Å². The van der Waals surface area contributed by atoms with Gasteiger partial charge in [0.2, 0.25) is 0 Å². The molecule has 0 saturated carbocycles. The fourth-order valence-corrected chi connectivity index (χ4v) is 0. The third-order valence-electron chi connectivity index (χ3n) is 0. The maximum Gasteiger partial charge on any atom is -0.149 e. The molecule has 0 fully saturated rings. The quantitative estimate of drug-likeness (QED) is 0.334. The highest BCUT2D eigenvalue weighted by molar-refractivity contribution is 7.59. The molecular weight excluding hydrogens is 110 g/mol. The lowest BCUT2D eigenvalue weighted by atomic mass is 13.5. The molecule has 0 rings (SSSR count). The van der Waals surface area contributed by atoms with Gasteiger partial charge in [-0.15, -0.1) is 4.99 Å². The molecule has 0 aliphatic rings. The van der Waals surface area contributed by atoms with Crippen LogP contribution in [0.25, 0.3) is 0 Å². The first-order chi connectivity index (χ1) is 1.41. The Balaban J connectivity index is -0.0000000200. The van der Waals surface area contributed by atoms with Crippen LogP contribution in [-0.4, -0.2) is 5.26 Å². The normalized spacial score (nSPS) is 3.60. The summed E-state index contributed by atoms with van der Waals surface area (Å²) in [4.78, 5) is 2.75. The zero-order chi connectivity index (χ0) is 2.71.